The zero-order valence-corrected chi connectivity index (χ0v) is 13.4. The fourth-order valence-electron chi connectivity index (χ4n) is 2.73. The second-order valence-electron chi connectivity index (χ2n) is 6.32. The largest absolute Gasteiger partial charge is 0.316 e. The summed E-state index contributed by atoms with van der Waals surface area (Å²) in [6.07, 6.45) is 6.80. The molecule has 0 radical (unpaired) electrons. The highest BCUT2D eigenvalue weighted by molar-refractivity contribution is 7.89. The van der Waals surface area contributed by atoms with Crippen LogP contribution in [0.3, 0.4) is 0 Å². The Bertz CT molecular complexity index is 363. The molecule has 0 aromatic heterocycles. The maximum Gasteiger partial charge on any atom is 0.211 e. The Morgan fingerprint density at radius 3 is 2.58 bits per heavy atom. The van der Waals surface area contributed by atoms with Crippen LogP contribution in [0.5, 0.6) is 0 Å². The fourth-order valence-corrected chi connectivity index (χ4v) is 4.09. The van der Waals surface area contributed by atoms with Crippen molar-refractivity contribution in [3.8, 4) is 0 Å². The molecular weight excluding hydrogens is 284 g/mol. The average Bonchev–Trinajstić information content (AvgIpc) is 2.26. The number of sulfonamides is 1. The van der Waals surface area contributed by atoms with Crippen molar-refractivity contribution in [1.29, 1.82) is 0 Å². The summed E-state index contributed by atoms with van der Waals surface area (Å²) in [6.45, 7) is 4.71. The quantitative estimate of drug-likeness (QED) is 0.788. The van der Waals surface area contributed by atoms with E-state index in [2.05, 4.69) is 17.0 Å². The molecule has 1 unspecified atom stereocenters. The number of rotatable bonds is 6. The molecule has 2 N–H and O–H groups in total. The number of halogens is 1. The molecule has 4 nitrogen and oxygen atoms in total. The summed E-state index contributed by atoms with van der Waals surface area (Å²) in [5.74, 6) is 0.967. The lowest BCUT2D eigenvalue weighted by Crippen LogP contribution is -2.46. The van der Waals surface area contributed by atoms with Crippen LogP contribution in [0.15, 0.2) is 0 Å². The average molecular weight is 311 g/mol. The first-order chi connectivity index (χ1) is 8.49. The van der Waals surface area contributed by atoms with Crippen molar-refractivity contribution in [2.45, 2.75) is 45.4 Å². The van der Waals surface area contributed by atoms with E-state index in [1.807, 2.05) is 0 Å². The van der Waals surface area contributed by atoms with Gasteiger partial charge in [-0.25, -0.2) is 13.1 Å². The van der Waals surface area contributed by atoms with E-state index in [0.717, 1.165) is 32.4 Å². The van der Waals surface area contributed by atoms with E-state index in [4.69, 9.17) is 0 Å². The van der Waals surface area contributed by atoms with Gasteiger partial charge < -0.3 is 5.32 Å². The molecule has 1 saturated heterocycles. The topological polar surface area (TPSA) is 58.2 Å². The molecule has 6 heteroatoms. The van der Waals surface area contributed by atoms with Crippen LogP contribution in [-0.2, 0) is 10.0 Å². The lowest BCUT2D eigenvalue weighted by molar-refractivity contribution is 0.238. The van der Waals surface area contributed by atoms with Crippen molar-refractivity contribution >= 4 is 22.4 Å². The minimum absolute atomic E-state index is 0. The Morgan fingerprint density at radius 1 is 1.32 bits per heavy atom. The van der Waals surface area contributed by atoms with Crippen LogP contribution in [0.4, 0.5) is 0 Å². The SMILES string of the molecule is CC1(CNS(=O)(=O)CCC2CCC2)CCCNC1.Cl. The van der Waals surface area contributed by atoms with E-state index < -0.39 is 10.0 Å². The predicted octanol–water partition coefficient (Wildman–Crippen LogP) is 1.91. The van der Waals surface area contributed by atoms with Gasteiger partial charge in [-0.3, -0.25) is 0 Å². The highest BCUT2D eigenvalue weighted by atomic mass is 35.5. The van der Waals surface area contributed by atoms with Gasteiger partial charge in [0.15, 0.2) is 0 Å². The van der Waals surface area contributed by atoms with Gasteiger partial charge >= 0.3 is 0 Å². The second kappa shape index (κ2) is 7.25. The Hall–Kier alpha value is 0.160. The molecule has 0 aromatic carbocycles. The highest BCUT2D eigenvalue weighted by Gasteiger charge is 2.28. The molecule has 1 aliphatic carbocycles. The molecule has 0 bridgehead atoms. The van der Waals surface area contributed by atoms with Crippen molar-refractivity contribution in [3.05, 3.63) is 0 Å². The van der Waals surface area contributed by atoms with Gasteiger partial charge in [-0.05, 0) is 37.1 Å². The van der Waals surface area contributed by atoms with Crippen LogP contribution < -0.4 is 10.0 Å². The van der Waals surface area contributed by atoms with Gasteiger partial charge in [0.05, 0.1) is 5.75 Å². The number of piperidine rings is 1. The van der Waals surface area contributed by atoms with E-state index in [-0.39, 0.29) is 17.8 Å². The molecular formula is C13H27ClN2O2S. The molecule has 114 valence electrons. The minimum Gasteiger partial charge on any atom is -0.316 e. The predicted molar refractivity (Wildman–Crippen MR) is 81.2 cm³/mol. The van der Waals surface area contributed by atoms with Gasteiger partial charge in [0.1, 0.15) is 0 Å². The van der Waals surface area contributed by atoms with Gasteiger partial charge in [0.25, 0.3) is 0 Å². The van der Waals surface area contributed by atoms with E-state index in [9.17, 15) is 8.42 Å². The third-order valence-corrected chi connectivity index (χ3v) is 5.78. The fraction of sp³-hybridized carbons (Fsp3) is 1.00. The summed E-state index contributed by atoms with van der Waals surface area (Å²) in [5, 5.41) is 3.35. The monoisotopic (exact) mass is 310 g/mol. The first-order valence-electron chi connectivity index (χ1n) is 7.17. The molecule has 1 atom stereocenters. The molecule has 0 spiro atoms. The maximum atomic E-state index is 11.9. The van der Waals surface area contributed by atoms with Gasteiger partial charge in [0.2, 0.25) is 10.0 Å². The summed E-state index contributed by atoms with van der Waals surface area (Å²) < 4.78 is 26.7. The molecule has 1 aliphatic heterocycles. The Balaban J connectivity index is 0.00000180. The number of hydrogen-bond donors (Lipinski definition) is 2. The molecule has 0 amide bonds. The van der Waals surface area contributed by atoms with Gasteiger partial charge in [-0.1, -0.05) is 26.2 Å². The summed E-state index contributed by atoms with van der Waals surface area (Å²) in [6, 6.07) is 0. The smallest absolute Gasteiger partial charge is 0.211 e. The Morgan fingerprint density at radius 2 is 2.05 bits per heavy atom. The van der Waals surface area contributed by atoms with Crippen LogP contribution in [0.2, 0.25) is 0 Å². The molecule has 1 saturated carbocycles. The molecule has 19 heavy (non-hydrogen) atoms. The Kier molecular flexibility index (Phi) is 6.57. The lowest BCUT2D eigenvalue weighted by atomic mass is 9.83. The lowest BCUT2D eigenvalue weighted by Gasteiger charge is -2.34. The van der Waals surface area contributed by atoms with E-state index >= 15 is 0 Å². The zero-order valence-electron chi connectivity index (χ0n) is 11.8. The maximum absolute atomic E-state index is 11.9. The molecule has 1 heterocycles. The second-order valence-corrected chi connectivity index (χ2v) is 8.24. The minimum atomic E-state index is -3.07. The standard InChI is InChI=1S/C13H26N2O2S.ClH/c1-13(7-3-8-14-10-13)11-15-18(16,17)9-6-12-4-2-5-12;/h12,14-15H,2-11H2,1H3;1H. The van der Waals surface area contributed by atoms with Crippen molar-refractivity contribution in [1.82, 2.24) is 10.0 Å². The van der Waals surface area contributed by atoms with Crippen molar-refractivity contribution in [2.75, 3.05) is 25.4 Å². The first kappa shape index (κ1) is 17.2. The van der Waals surface area contributed by atoms with E-state index in [1.54, 1.807) is 0 Å². The third-order valence-electron chi connectivity index (χ3n) is 4.42. The van der Waals surface area contributed by atoms with Gasteiger partial charge in [-0.2, -0.15) is 0 Å². The van der Waals surface area contributed by atoms with Crippen molar-refractivity contribution in [3.63, 3.8) is 0 Å². The normalized spacial score (nSPS) is 28.5. The van der Waals surface area contributed by atoms with Crippen LogP contribution >= 0.6 is 12.4 Å². The molecule has 2 fully saturated rings. The highest BCUT2D eigenvalue weighted by Crippen LogP contribution is 2.29. The van der Waals surface area contributed by atoms with Crippen molar-refractivity contribution in [2.24, 2.45) is 11.3 Å². The van der Waals surface area contributed by atoms with Crippen LogP contribution in [0, 0.1) is 11.3 Å². The zero-order chi connectivity index (χ0) is 13.1. The number of hydrogen-bond acceptors (Lipinski definition) is 3. The summed E-state index contributed by atoms with van der Waals surface area (Å²) in [4.78, 5) is 0. The Labute approximate surface area is 123 Å². The van der Waals surface area contributed by atoms with E-state index in [1.165, 1.54) is 19.3 Å². The van der Waals surface area contributed by atoms with Crippen molar-refractivity contribution < 1.29 is 8.42 Å². The third kappa shape index (κ3) is 5.58. The summed E-state index contributed by atoms with van der Waals surface area (Å²) >= 11 is 0. The van der Waals surface area contributed by atoms with Crippen LogP contribution in [0.25, 0.3) is 0 Å². The van der Waals surface area contributed by atoms with Crippen LogP contribution in [0.1, 0.15) is 45.4 Å². The molecule has 2 rings (SSSR count). The van der Waals surface area contributed by atoms with Gasteiger partial charge in [0, 0.05) is 13.1 Å². The van der Waals surface area contributed by atoms with E-state index in [0.29, 0.717) is 18.2 Å². The van der Waals surface area contributed by atoms with Gasteiger partial charge in [-0.15, -0.1) is 12.4 Å². The summed E-state index contributed by atoms with van der Waals surface area (Å²) in [5.41, 5.74) is 0.0851. The summed E-state index contributed by atoms with van der Waals surface area (Å²) in [7, 11) is -3.07. The molecule has 0 aromatic rings. The first-order valence-corrected chi connectivity index (χ1v) is 8.82. The number of nitrogens with one attached hydrogen (secondary N) is 2. The van der Waals surface area contributed by atoms with Crippen LogP contribution in [-0.4, -0.2) is 33.8 Å². The molecule has 2 aliphatic rings.